The van der Waals surface area contributed by atoms with Crippen molar-refractivity contribution in [2.75, 3.05) is 12.4 Å². The maximum Gasteiger partial charge on any atom is 0.254 e. The van der Waals surface area contributed by atoms with Crippen molar-refractivity contribution < 1.29 is 9.59 Å². The van der Waals surface area contributed by atoms with Gasteiger partial charge >= 0.3 is 0 Å². The Morgan fingerprint density at radius 3 is 2.13 bits per heavy atom. The molecule has 7 nitrogen and oxygen atoms in total. The first-order valence-corrected chi connectivity index (χ1v) is 18.6. The van der Waals surface area contributed by atoms with E-state index in [0.29, 0.717) is 29.0 Å². The molecule has 1 fully saturated rings. The Balaban J connectivity index is 1.12. The zero-order valence-corrected chi connectivity index (χ0v) is 31.8. The van der Waals surface area contributed by atoms with Gasteiger partial charge in [-0.15, -0.1) is 0 Å². The molecule has 1 aliphatic rings. The molecule has 1 saturated carbocycles. The lowest BCUT2D eigenvalue weighted by Gasteiger charge is -2.37. The van der Waals surface area contributed by atoms with Crippen LogP contribution in [0.1, 0.15) is 121 Å². The third-order valence-electron chi connectivity index (χ3n) is 10.7. The fourth-order valence-corrected chi connectivity index (χ4v) is 6.96. The highest BCUT2D eigenvalue weighted by molar-refractivity contribution is 6.02. The Morgan fingerprint density at radius 1 is 0.942 bits per heavy atom. The monoisotopic (exact) mass is 697 g/mol. The topological polar surface area (TPSA) is 87.2 Å². The highest BCUT2D eigenvalue weighted by Gasteiger charge is 2.30. The number of aromatic nitrogens is 2. The number of allylic oxidation sites excluding steroid dienone is 1. The first kappa shape index (κ1) is 38.2. The quantitative estimate of drug-likeness (QED) is 0.107. The zero-order chi connectivity index (χ0) is 37.4. The van der Waals surface area contributed by atoms with Crippen LogP contribution in [0, 0.1) is 5.92 Å². The average molecular weight is 698 g/mol. The summed E-state index contributed by atoms with van der Waals surface area (Å²) in [4.78, 5) is 36.1. The minimum absolute atomic E-state index is 0.0222. The van der Waals surface area contributed by atoms with Crippen LogP contribution < -0.4 is 10.6 Å². The molecule has 1 amide bonds. The van der Waals surface area contributed by atoms with Crippen LogP contribution in [0.2, 0.25) is 0 Å². The van der Waals surface area contributed by atoms with E-state index in [-0.39, 0.29) is 17.4 Å². The molecule has 1 aromatic heterocycles. The van der Waals surface area contributed by atoms with Crippen molar-refractivity contribution >= 4 is 17.9 Å². The summed E-state index contributed by atoms with van der Waals surface area (Å²) in [6.07, 6.45) is 11.7. The molecule has 5 rings (SSSR count). The van der Waals surface area contributed by atoms with Crippen LogP contribution in [-0.2, 0) is 18.3 Å². The lowest BCUT2D eigenvalue weighted by atomic mass is 9.75. The van der Waals surface area contributed by atoms with Crippen LogP contribution in [0.15, 0.2) is 104 Å². The van der Waals surface area contributed by atoms with E-state index in [4.69, 9.17) is 0 Å². The first-order chi connectivity index (χ1) is 24.9. The van der Waals surface area contributed by atoms with Gasteiger partial charge in [-0.3, -0.25) is 9.59 Å². The third-order valence-corrected chi connectivity index (χ3v) is 10.7. The van der Waals surface area contributed by atoms with Gasteiger partial charge in [0.15, 0.2) is 6.29 Å². The van der Waals surface area contributed by atoms with Crippen LogP contribution in [0.4, 0.5) is 5.69 Å². The third kappa shape index (κ3) is 9.44. The molecule has 272 valence electrons. The van der Waals surface area contributed by atoms with Gasteiger partial charge in [-0.2, -0.15) is 0 Å². The smallest absolute Gasteiger partial charge is 0.254 e. The fourth-order valence-electron chi connectivity index (χ4n) is 6.96. The minimum Gasteiger partial charge on any atom is -0.382 e. The first-order valence-electron chi connectivity index (χ1n) is 18.6. The number of aldehydes is 1. The van der Waals surface area contributed by atoms with Gasteiger partial charge < -0.3 is 15.5 Å². The van der Waals surface area contributed by atoms with Crippen molar-refractivity contribution in [3.05, 3.63) is 149 Å². The van der Waals surface area contributed by atoms with E-state index in [1.54, 1.807) is 24.2 Å². The van der Waals surface area contributed by atoms with E-state index in [1.165, 1.54) is 22.3 Å². The predicted octanol–water partition coefficient (Wildman–Crippen LogP) is 9.25. The van der Waals surface area contributed by atoms with Crippen molar-refractivity contribution in [3.8, 4) is 0 Å². The highest BCUT2D eigenvalue weighted by Crippen LogP contribution is 2.35. The van der Waals surface area contributed by atoms with Crippen molar-refractivity contribution in [1.29, 1.82) is 0 Å². The molecule has 0 bridgehead atoms. The number of benzene rings is 3. The van der Waals surface area contributed by atoms with Gasteiger partial charge in [0.1, 0.15) is 5.82 Å². The summed E-state index contributed by atoms with van der Waals surface area (Å²) in [5.41, 5.74) is 8.77. The highest BCUT2D eigenvalue weighted by atomic mass is 16.2. The lowest BCUT2D eigenvalue weighted by molar-refractivity contribution is 0.0734. The molecule has 1 heterocycles. The average Bonchev–Trinajstić information content (AvgIpc) is 3.13. The molecule has 0 radical (unpaired) electrons. The molecular weight excluding hydrogens is 643 g/mol. The van der Waals surface area contributed by atoms with Gasteiger partial charge in [-0.25, -0.2) is 9.97 Å². The Morgan fingerprint density at radius 2 is 1.56 bits per heavy atom. The van der Waals surface area contributed by atoms with Crippen molar-refractivity contribution in [2.24, 2.45) is 5.92 Å². The molecule has 2 N–H and O–H groups in total. The molecule has 1 unspecified atom stereocenters. The molecule has 4 aromatic rings. The number of nitrogens with zero attached hydrogens (tertiary/aromatic N) is 3. The van der Waals surface area contributed by atoms with Crippen molar-refractivity contribution in [1.82, 2.24) is 20.2 Å². The molecule has 1 atom stereocenters. The molecule has 0 aliphatic heterocycles. The van der Waals surface area contributed by atoms with Gasteiger partial charge in [0.2, 0.25) is 0 Å². The second kappa shape index (κ2) is 17.0. The SMILES string of the molecule is C=CNC(=C)CCC(C)N(C)C(=O)c1cc(NC2CC(Cc3ccc(C(C)(C)c4ccc(Cc5cnc(C(C)C)nc5)cc4)cc3)C2)ccc1C=O. The molecule has 52 heavy (non-hydrogen) atoms. The summed E-state index contributed by atoms with van der Waals surface area (Å²) in [6, 6.07) is 23.9. The number of carbonyl (C=O) groups excluding carboxylic acids is 2. The van der Waals surface area contributed by atoms with Gasteiger partial charge in [0.05, 0.1) is 5.56 Å². The number of carbonyl (C=O) groups is 2. The Labute approximate surface area is 310 Å². The van der Waals surface area contributed by atoms with Gasteiger partial charge in [-0.1, -0.05) is 89.4 Å². The summed E-state index contributed by atoms with van der Waals surface area (Å²) < 4.78 is 0. The molecular formula is C45H55N5O2. The standard InChI is InChI=1S/C45H55N5O2/c1-9-46-31(4)10-11-32(5)50(8)44(52)42-26-40(21-16-37(42)29-51)49-41-24-35(25-41)22-33-12-17-38(18-13-33)45(6,7)39-19-14-34(15-20-39)23-36-27-47-43(30(2)3)48-28-36/h9,12-21,26-30,32,35,41,46,49H,1,4,10-11,22-25H2,2-3,5-8H3. The molecule has 7 heteroatoms. The number of nitrogens with one attached hydrogen (secondary N) is 2. The number of amides is 1. The van der Waals surface area contributed by atoms with Gasteiger partial charge in [0.25, 0.3) is 5.91 Å². The predicted molar refractivity (Wildman–Crippen MR) is 213 cm³/mol. The number of hydrogen-bond donors (Lipinski definition) is 2. The summed E-state index contributed by atoms with van der Waals surface area (Å²) in [6.45, 7) is 18.5. The van der Waals surface area contributed by atoms with Crippen molar-refractivity contribution in [3.63, 3.8) is 0 Å². The summed E-state index contributed by atoms with van der Waals surface area (Å²) in [5.74, 6) is 1.66. The number of rotatable bonds is 17. The molecule has 0 spiro atoms. The van der Waals surface area contributed by atoms with Gasteiger partial charge in [-0.05, 0) is 97.2 Å². The summed E-state index contributed by atoms with van der Waals surface area (Å²) in [7, 11) is 1.79. The van der Waals surface area contributed by atoms with E-state index in [0.717, 1.165) is 67.6 Å². The zero-order valence-electron chi connectivity index (χ0n) is 31.8. The molecule has 3 aromatic carbocycles. The van der Waals surface area contributed by atoms with E-state index < -0.39 is 0 Å². The van der Waals surface area contributed by atoms with Crippen LogP contribution in [-0.4, -0.2) is 46.2 Å². The second-order valence-corrected chi connectivity index (χ2v) is 15.4. The summed E-state index contributed by atoms with van der Waals surface area (Å²) >= 11 is 0. The normalized spacial score (nSPS) is 16.1. The van der Waals surface area contributed by atoms with Crippen molar-refractivity contribution in [2.45, 2.75) is 96.6 Å². The van der Waals surface area contributed by atoms with Gasteiger partial charge in [0, 0.05) is 66.2 Å². The fraction of sp³-hybridized carbons (Fsp3) is 0.378. The lowest BCUT2D eigenvalue weighted by Crippen LogP contribution is -2.37. The van der Waals surface area contributed by atoms with Crippen LogP contribution in [0.25, 0.3) is 0 Å². The van der Waals surface area contributed by atoms with Crippen LogP contribution in [0.5, 0.6) is 0 Å². The van der Waals surface area contributed by atoms with E-state index in [9.17, 15) is 9.59 Å². The van der Waals surface area contributed by atoms with Crippen LogP contribution >= 0.6 is 0 Å². The largest absolute Gasteiger partial charge is 0.382 e. The maximum atomic E-state index is 13.5. The number of hydrogen-bond acceptors (Lipinski definition) is 6. The Hall–Kier alpha value is -5.04. The minimum atomic E-state index is -0.158. The van der Waals surface area contributed by atoms with Crippen LogP contribution in [0.3, 0.4) is 0 Å². The Kier molecular flexibility index (Phi) is 12.5. The number of anilines is 1. The van der Waals surface area contributed by atoms with E-state index in [1.807, 2.05) is 31.5 Å². The summed E-state index contributed by atoms with van der Waals surface area (Å²) in [5, 5.41) is 6.61. The maximum absolute atomic E-state index is 13.5. The Bertz CT molecular complexity index is 1840. The second-order valence-electron chi connectivity index (χ2n) is 15.4. The molecule has 1 aliphatic carbocycles. The van der Waals surface area contributed by atoms with E-state index >= 15 is 0 Å². The van der Waals surface area contributed by atoms with E-state index in [2.05, 4.69) is 110 Å². The molecule has 0 saturated heterocycles.